The molecule has 0 atom stereocenters. The molecule has 49 valence electrons. The lowest BCUT2D eigenvalue weighted by Gasteiger charge is -2.10. The van der Waals surface area contributed by atoms with Gasteiger partial charge in [-0.25, -0.2) is 0 Å². The lowest BCUT2D eigenvalue weighted by atomic mass is 10.2. The van der Waals surface area contributed by atoms with Gasteiger partial charge in [-0.3, -0.25) is 0 Å². The highest BCUT2D eigenvalue weighted by Gasteiger charge is 1.97. The van der Waals surface area contributed by atoms with Gasteiger partial charge in [0.25, 0.3) is 0 Å². The monoisotopic (exact) mass is 114 g/mol. The van der Waals surface area contributed by atoms with Crippen LogP contribution >= 0.6 is 0 Å². The third-order valence-corrected chi connectivity index (χ3v) is 1.39. The van der Waals surface area contributed by atoms with Crippen LogP contribution in [0.1, 0.15) is 33.6 Å². The van der Waals surface area contributed by atoms with Crippen LogP contribution in [0.25, 0.3) is 0 Å². The molecule has 0 aromatic carbocycles. The van der Waals surface area contributed by atoms with E-state index in [1.165, 1.54) is 12.8 Å². The van der Waals surface area contributed by atoms with Crippen molar-refractivity contribution >= 4 is 0 Å². The van der Waals surface area contributed by atoms with Gasteiger partial charge in [0.15, 0.2) is 0 Å². The molecule has 0 aromatic rings. The molecule has 0 unspecified atom stereocenters. The molecule has 0 saturated heterocycles. The Hall–Kier alpha value is -0.0400. The van der Waals surface area contributed by atoms with Gasteiger partial charge < -0.3 is 5.32 Å². The number of nitrogens with one attached hydrogen (secondary N) is 1. The summed E-state index contributed by atoms with van der Waals surface area (Å²) in [6, 6.07) is 0.694. The van der Waals surface area contributed by atoms with Crippen molar-refractivity contribution in [3.05, 3.63) is 6.54 Å². The number of hydrogen-bond donors (Lipinski definition) is 1. The average molecular weight is 114 g/mol. The molecule has 0 heterocycles. The van der Waals surface area contributed by atoms with Crippen LogP contribution in [-0.2, 0) is 0 Å². The summed E-state index contributed by atoms with van der Waals surface area (Å²) in [5.74, 6) is 0. The van der Waals surface area contributed by atoms with Crippen molar-refractivity contribution in [1.82, 2.24) is 5.32 Å². The summed E-state index contributed by atoms with van der Waals surface area (Å²) >= 11 is 0. The molecule has 1 heteroatoms. The molecule has 0 rings (SSSR count). The van der Waals surface area contributed by atoms with Gasteiger partial charge >= 0.3 is 0 Å². The molecule has 0 amide bonds. The Kier molecular flexibility index (Phi) is 5.08. The van der Waals surface area contributed by atoms with E-state index in [1.54, 1.807) is 0 Å². The highest BCUT2D eigenvalue weighted by atomic mass is 14.9. The maximum absolute atomic E-state index is 3.26. The molecular formula is C7H16N. The molecule has 8 heavy (non-hydrogen) atoms. The molecule has 0 aliphatic rings. The summed E-state index contributed by atoms with van der Waals surface area (Å²) in [5, 5.41) is 3.26. The molecule has 0 aromatic heterocycles. The van der Waals surface area contributed by atoms with Crippen molar-refractivity contribution in [1.29, 1.82) is 0 Å². The molecule has 0 bridgehead atoms. The first kappa shape index (κ1) is 7.96. The molecule has 0 aliphatic carbocycles. The van der Waals surface area contributed by atoms with Gasteiger partial charge in [-0.1, -0.05) is 13.8 Å². The van der Waals surface area contributed by atoms with Gasteiger partial charge in [-0.15, -0.1) is 0 Å². The number of rotatable bonds is 4. The smallest absolute Gasteiger partial charge is 0.0192 e. The fourth-order valence-electron chi connectivity index (χ4n) is 0.760. The van der Waals surface area contributed by atoms with E-state index < -0.39 is 0 Å². The minimum atomic E-state index is 0.694. The van der Waals surface area contributed by atoms with Crippen molar-refractivity contribution in [2.75, 3.05) is 0 Å². The van der Waals surface area contributed by atoms with Gasteiger partial charge in [0.1, 0.15) is 0 Å². The van der Waals surface area contributed by atoms with E-state index in [-0.39, 0.29) is 0 Å². The van der Waals surface area contributed by atoms with E-state index in [0.29, 0.717) is 6.04 Å². The normalized spacial score (nSPS) is 10.5. The quantitative estimate of drug-likeness (QED) is 0.589. The zero-order valence-electron chi connectivity index (χ0n) is 6.07. The predicted octanol–water partition coefficient (Wildman–Crippen LogP) is 1.95. The van der Waals surface area contributed by atoms with Crippen LogP contribution in [0.15, 0.2) is 0 Å². The summed E-state index contributed by atoms with van der Waals surface area (Å²) in [6.07, 6.45) is 2.45. The molecule has 1 nitrogen and oxygen atoms in total. The summed E-state index contributed by atoms with van der Waals surface area (Å²) in [4.78, 5) is 0. The van der Waals surface area contributed by atoms with E-state index in [0.717, 1.165) is 0 Å². The first-order valence-corrected chi connectivity index (χ1v) is 3.39. The second kappa shape index (κ2) is 5.10. The molecule has 0 aliphatic heterocycles. The van der Waals surface area contributed by atoms with Gasteiger partial charge in [0.05, 0.1) is 0 Å². The van der Waals surface area contributed by atoms with Crippen LogP contribution in [0.2, 0.25) is 0 Å². The van der Waals surface area contributed by atoms with E-state index in [4.69, 9.17) is 0 Å². The zero-order chi connectivity index (χ0) is 6.41. The average Bonchev–Trinajstić information content (AvgIpc) is 1.83. The summed E-state index contributed by atoms with van der Waals surface area (Å²) < 4.78 is 0. The highest BCUT2D eigenvalue weighted by Crippen LogP contribution is 1.94. The summed E-state index contributed by atoms with van der Waals surface area (Å²) in [6.45, 7) is 8.44. The third-order valence-electron chi connectivity index (χ3n) is 1.39. The Balaban J connectivity index is 3.07. The van der Waals surface area contributed by atoms with Crippen molar-refractivity contribution < 1.29 is 0 Å². The van der Waals surface area contributed by atoms with Crippen LogP contribution in [0.4, 0.5) is 0 Å². The fraction of sp³-hybridized carbons (Fsp3) is 0.857. The fourth-order valence-corrected chi connectivity index (χ4v) is 0.760. The van der Waals surface area contributed by atoms with Crippen LogP contribution in [0.5, 0.6) is 0 Å². The second-order valence-corrected chi connectivity index (χ2v) is 1.97. The Labute approximate surface area is 52.5 Å². The Morgan fingerprint density at radius 2 is 1.88 bits per heavy atom. The lowest BCUT2D eigenvalue weighted by Crippen LogP contribution is -2.23. The maximum atomic E-state index is 3.26. The third kappa shape index (κ3) is 3.03. The van der Waals surface area contributed by atoms with Gasteiger partial charge in [-0.2, -0.15) is 0 Å². The maximum Gasteiger partial charge on any atom is 0.0192 e. The van der Waals surface area contributed by atoms with Crippen molar-refractivity contribution in [3.63, 3.8) is 0 Å². The minimum Gasteiger partial charge on any atom is -0.310 e. The first-order chi connectivity index (χ1) is 3.85. The first-order valence-electron chi connectivity index (χ1n) is 3.39. The molecule has 0 saturated carbocycles. The predicted molar refractivity (Wildman–Crippen MR) is 37.5 cm³/mol. The molecular weight excluding hydrogens is 98.1 g/mol. The minimum absolute atomic E-state index is 0.694. The van der Waals surface area contributed by atoms with E-state index in [1.807, 2.05) is 13.5 Å². The Morgan fingerprint density at radius 3 is 2.00 bits per heavy atom. The molecule has 0 fully saturated rings. The molecule has 0 spiro atoms. The topological polar surface area (TPSA) is 12.0 Å². The van der Waals surface area contributed by atoms with E-state index >= 15 is 0 Å². The number of hydrogen-bond acceptors (Lipinski definition) is 1. The van der Waals surface area contributed by atoms with Crippen molar-refractivity contribution in [2.24, 2.45) is 0 Å². The lowest BCUT2D eigenvalue weighted by molar-refractivity contribution is 0.530. The highest BCUT2D eigenvalue weighted by molar-refractivity contribution is 4.65. The standard InChI is InChI=1S/C7H16N/c1-4-7(5-2)8-6-3/h6-8H,4-5H2,1-3H3. The second-order valence-electron chi connectivity index (χ2n) is 1.97. The van der Waals surface area contributed by atoms with Crippen molar-refractivity contribution in [2.45, 2.75) is 39.7 Å². The summed E-state index contributed by atoms with van der Waals surface area (Å²) in [5.41, 5.74) is 0. The Morgan fingerprint density at radius 1 is 1.38 bits per heavy atom. The van der Waals surface area contributed by atoms with Crippen LogP contribution in [0.3, 0.4) is 0 Å². The van der Waals surface area contributed by atoms with Gasteiger partial charge in [0, 0.05) is 12.6 Å². The van der Waals surface area contributed by atoms with E-state index in [9.17, 15) is 0 Å². The van der Waals surface area contributed by atoms with E-state index in [2.05, 4.69) is 19.2 Å². The van der Waals surface area contributed by atoms with Crippen LogP contribution in [-0.4, -0.2) is 6.04 Å². The molecule has 1 radical (unpaired) electrons. The van der Waals surface area contributed by atoms with Gasteiger partial charge in [0.2, 0.25) is 0 Å². The van der Waals surface area contributed by atoms with Gasteiger partial charge in [-0.05, 0) is 19.8 Å². The van der Waals surface area contributed by atoms with Crippen LogP contribution in [0, 0.1) is 6.54 Å². The largest absolute Gasteiger partial charge is 0.310 e. The Bertz CT molecular complexity index is 39.7. The zero-order valence-corrected chi connectivity index (χ0v) is 6.07. The SMILES string of the molecule is C[CH]NC(CC)CC. The van der Waals surface area contributed by atoms with Crippen molar-refractivity contribution in [3.8, 4) is 0 Å². The molecule has 1 N–H and O–H groups in total. The van der Waals surface area contributed by atoms with Crippen LogP contribution < -0.4 is 5.32 Å². The summed E-state index contributed by atoms with van der Waals surface area (Å²) in [7, 11) is 0.